The Bertz CT molecular complexity index is 775. The van der Waals surface area contributed by atoms with Gasteiger partial charge in [0.2, 0.25) is 0 Å². The van der Waals surface area contributed by atoms with Gasteiger partial charge in [-0.05, 0) is 36.8 Å². The van der Waals surface area contributed by atoms with E-state index < -0.39 is 6.10 Å². The van der Waals surface area contributed by atoms with E-state index in [1.165, 1.54) is 0 Å². The molecule has 1 aliphatic heterocycles. The molecule has 158 valence electrons. The first-order valence-electron chi connectivity index (χ1n) is 10.1. The third-order valence-electron chi connectivity index (χ3n) is 5.34. The van der Waals surface area contributed by atoms with E-state index >= 15 is 0 Å². The zero-order chi connectivity index (χ0) is 20.6. The summed E-state index contributed by atoms with van der Waals surface area (Å²) < 4.78 is 16.6. The van der Waals surface area contributed by atoms with Crippen LogP contribution in [0, 0.1) is 6.92 Å². The second kappa shape index (κ2) is 10.5. The summed E-state index contributed by atoms with van der Waals surface area (Å²) in [6, 6.07) is 13.8. The Morgan fingerprint density at radius 1 is 0.931 bits per heavy atom. The number of hydrogen-bond donors (Lipinski definition) is 1. The molecule has 0 spiro atoms. The molecule has 3 rings (SSSR count). The number of benzene rings is 2. The molecule has 1 aliphatic rings. The lowest BCUT2D eigenvalue weighted by Gasteiger charge is -2.35. The molecule has 6 heteroatoms. The number of aliphatic hydroxyl groups excluding tert-OH is 1. The average molecular weight is 401 g/mol. The highest BCUT2D eigenvalue weighted by atomic mass is 16.5. The van der Waals surface area contributed by atoms with Crippen LogP contribution in [0.15, 0.2) is 42.5 Å². The molecule has 1 N–H and O–H groups in total. The number of ether oxygens (including phenoxy) is 3. The maximum Gasteiger partial charge on any atom is 0.123 e. The lowest BCUT2D eigenvalue weighted by Crippen LogP contribution is -2.48. The van der Waals surface area contributed by atoms with Gasteiger partial charge in [0.25, 0.3) is 0 Å². The van der Waals surface area contributed by atoms with Gasteiger partial charge in [0.15, 0.2) is 0 Å². The second-order valence-corrected chi connectivity index (χ2v) is 7.48. The van der Waals surface area contributed by atoms with Crippen molar-refractivity contribution in [2.75, 3.05) is 53.6 Å². The van der Waals surface area contributed by atoms with Gasteiger partial charge in [-0.25, -0.2) is 0 Å². The van der Waals surface area contributed by atoms with E-state index in [9.17, 15) is 5.11 Å². The summed E-state index contributed by atoms with van der Waals surface area (Å²) in [6.45, 7) is 7.53. The van der Waals surface area contributed by atoms with E-state index in [0.29, 0.717) is 13.2 Å². The molecule has 2 aromatic rings. The topological polar surface area (TPSA) is 54.4 Å². The Kier molecular flexibility index (Phi) is 7.75. The largest absolute Gasteiger partial charge is 0.497 e. The standard InChI is InChI=1S/C23H32N2O4/c1-18-6-4-5-7-22(18)29-17-20(26)16-25-12-10-24(11-13-25)15-19-14-21(27-2)8-9-23(19)28-3/h4-9,14,20,26H,10-13,15-17H2,1-3H3. The van der Waals surface area contributed by atoms with Gasteiger partial charge in [0.05, 0.1) is 14.2 Å². The minimum Gasteiger partial charge on any atom is -0.497 e. The van der Waals surface area contributed by atoms with Crippen molar-refractivity contribution >= 4 is 0 Å². The molecule has 0 amide bonds. The number of nitrogens with zero attached hydrogens (tertiary/aromatic N) is 2. The van der Waals surface area contributed by atoms with Gasteiger partial charge >= 0.3 is 0 Å². The van der Waals surface area contributed by atoms with Crippen LogP contribution in [0.25, 0.3) is 0 Å². The van der Waals surface area contributed by atoms with E-state index in [1.807, 2.05) is 49.4 Å². The Morgan fingerprint density at radius 3 is 2.34 bits per heavy atom. The van der Waals surface area contributed by atoms with Gasteiger partial charge in [-0.1, -0.05) is 18.2 Å². The van der Waals surface area contributed by atoms with E-state index in [2.05, 4.69) is 9.80 Å². The fraction of sp³-hybridized carbons (Fsp3) is 0.478. The molecule has 1 atom stereocenters. The van der Waals surface area contributed by atoms with Crippen LogP contribution in [-0.2, 0) is 6.54 Å². The fourth-order valence-electron chi connectivity index (χ4n) is 3.63. The number of aliphatic hydroxyl groups is 1. The molecule has 1 unspecified atom stereocenters. The van der Waals surface area contributed by atoms with Crippen LogP contribution in [0.2, 0.25) is 0 Å². The van der Waals surface area contributed by atoms with Gasteiger partial charge in [-0.2, -0.15) is 0 Å². The molecular formula is C23H32N2O4. The first-order chi connectivity index (χ1) is 14.1. The van der Waals surface area contributed by atoms with Gasteiger partial charge in [-0.15, -0.1) is 0 Å². The van der Waals surface area contributed by atoms with Crippen LogP contribution in [-0.4, -0.2) is 74.6 Å². The molecule has 0 saturated carbocycles. The van der Waals surface area contributed by atoms with Crippen molar-refractivity contribution in [3.63, 3.8) is 0 Å². The molecule has 6 nitrogen and oxygen atoms in total. The Hall–Kier alpha value is -2.28. The summed E-state index contributed by atoms with van der Waals surface area (Å²) in [5, 5.41) is 10.4. The normalized spacial score (nSPS) is 16.4. The zero-order valence-corrected chi connectivity index (χ0v) is 17.6. The molecule has 1 fully saturated rings. The molecule has 0 radical (unpaired) electrons. The lowest BCUT2D eigenvalue weighted by atomic mass is 10.1. The molecule has 2 aromatic carbocycles. The van der Waals surface area contributed by atoms with E-state index in [0.717, 1.165) is 61.1 Å². The van der Waals surface area contributed by atoms with Gasteiger partial charge < -0.3 is 19.3 Å². The SMILES string of the molecule is COc1ccc(OC)c(CN2CCN(CC(O)COc3ccccc3C)CC2)c1. The number of hydrogen-bond acceptors (Lipinski definition) is 6. The highest BCUT2D eigenvalue weighted by Gasteiger charge is 2.21. The van der Waals surface area contributed by atoms with Gasteiger partial charge in [0, 0.05) is 44.8 Å². The molecule has 0 bridgehead atoms. The summed E-state index contributed by atoms with van der Waals surface area (Å²) in [5.41, 5.74) is 2.22. The highest BCUT2D eigenvalue weighted by Crippen LogP contribution is 2.25. The minimum atomic E-state index is -0.500. The molecule has 0 aliphatic carbocycles. The van der Waals surface area contributed by atoms with Crippen molar-refractivity contribution in [3.05, 3.63) is 53.6 Å². The lowest BCUT2D eigenvalue weighted by molar-refractivity contribution is 0.0443. The second-order valence-electron chi connectivity index (χ2n) is 7.48. The number of piperazine rings is 1. The van der Waals surface area contributed by atoms with Crippen LogP contribution >= 0.6 is 0 Å². The number of rotatable bonds is 9. The van der Waals surface area contributed by atoms with Crippen LogP contribution in [0.3, 0.4) is 0 Å². The van der Waals surface area contributed by atoms with Crippen molar-refractivity contribution in [2.24, 2.45) is 0 Å². The summed E-state index contributed by atoms with van der Waals surface area (Å²) in [5.74, 6) is 2.57. The number of methoxy groups -OCH3 is 2. The first-order valence-corrected chi connectivity index (χ1v) is 10.1. The number of para-hydroxylation sites is 1. The summed E-state index contributed by atoms with van der Waals surface area (Å²) in [4.78, 5) is 4.70. The van der Waals surface area contributed by atoms with Crippen molar-refractivity contribution in [1.29, 1.82) is 0 Å². The van der Waals surface area contributed by atoms with Crippen molar-refractivity contribution in [2.45, 2.75) is 19.6 Å². The molecule has 1 heterocycles. The number of aryl methyl sites for hydroxylation is 1. The third kappa shape index (κ3) is 6.10. The summed E-state index contributed by atoms with van der Waals surface area (Å²) in [6.07, 6.45) is -0.500. The molecule has 1 saturated heterocycles. The number of β-amino-alcohol motifs (C(OH)–C–C–N with tert-alkyl or cyclic N) is 1. The van der Waals surface area contributed by atoms with E-state index in [4.69, 9.17) is 14.2 Å². The van der Waals surface area contributed by atoms with Crippen LogP contribution in [0.5, 0.6) is 17.2 Å². The monoisotopic (exact) mass is 400 g/mol. The van der Waals surface area contributed by atoms with Crippen LogP contribution in [0.1, 0.15) is 11.1 Å². The van der Waals surface area contributed by atoms with Crippen LogP contribution < -0.4 is 14.2 Å². The van der Waals surface area contributed by atoms with Crippen molar-refractivity contribution in [3.8, 4) is 17.2 Å². The fourth-order valence-corrected chi connectivity index (χ4v) is 3.63. The minimum absolute atomic E-state index is 0.312. The van der Waals surface area contributed by atoms with Crippen molar-refractivity contribution < 1.29 is 19.3 Å². The van der Waals surface area contributed by atoms with Gasteiger partial charge in [-0.3, -0.25) is 9.80 Å². The first kappa shape index (κ1) is 21.4. The predicted octanol–water partition coefficient (Wildman–Crippen LogP) is 2.57. The van der Waals surface area contributed by atoms with Crippen LogP contribution in [0.4, 0.5) is 0 Å². The van der Waals surface area contributed by atoms with E-state index in [-0.39, 0.29) is 0 Å². The smallest absolute Gasteiger partial charge is 0.123 e. The third-order valence-corrected chi connectivity index (χ3v) is 5.34. The predicted molar refractivity (Wildman–Crippen MR) is 114 cm³/mol. The highest BCUT2D eigenvalue weighted by molar-refractivity contribution is 5.40. The zero-order valence-electron chi connectivity index (χ0n) is 17.6. The van der Waals surface area contributed by atoms with Crippen molar-refractivity contribution in [1.82, 2.24) is 9.80 Å². The Labute approximate surface area is 173 Å². The van der Waals surface area contributed by atoms with Gasteiger partial charge in [0.1, 0.15) is 30.0 Å². The van der Waals surface area contributed by atoms with E-state index in [1.54, 1.807) is 14.2 Å². The quantitative estimate of drug-likeness (QED) is 0.698. The maximum atomic E-state index is 10.4. The molecule has 0 aromatic heterocycles. The Balaban J connectivity index is 1.44. The Morgan fingerprint density at radius 2 is 1.66 bits per heavy atom. The summed E-state index contributed by atoms with van der Waals surface area (Å²) >= 11 is 0. The maximum absolute atomic E-state index is 10.4. The molecule has 29 heavy (non-hydrogen) atoms. The summed E-state index contributed by atoms with van der Waals surface area (Å²) in [7, 11) is 3.38. The average Bonchev–Trinajstić information content (AvgIpc) is 2.74. The molecular weight excluding hydrogens is 368 g/mol.